The number of aromatic nitrogens is 4. The van der Waals surface area contributed by atoms with E-state index in [1.165, 1.54) is 0 Å². The zero-order valence-electron chi connectivity index (χ0n) is 11.9. The van der Waals surface area contributed by atoms with Crippen molar-refractivity contribution in [1.82, 2.24) is 19.4 Å². The molecule has 0 aromatic carbocycles. The first-order valence-electron chi connectivity index (χ1n) is 6.71. The molecule has 3 heterocycles. The zero-order chi connectivity index (χ0) is 14.8. The van der Waals surface area contributed by atoms with Crippen LogP contribution in [0.3, 0.4) is 0 Å². The summed E-state index contributed by atoms with van der Waals surface area (Å²) in [6.45, 7) is 3.92. The number of rotatable bonds is 4. The van der Waals surface area contributed by atoms with Gasteiger partial charge < -0.3 is 4.40 Å². The van der Waals surface area contributed by atoms with Crippen molar-refractivity contribution in [1.29, 1.82) is 0 Å². The molecule has 0 radical (unpaired) electrons. The highest BCUT2D eigenvalue weighted by Gasteiger charge is 2.17. The Morgan fingerprint density at radius 3 is 2.95 bits per heavy atom. The lowest BCUT2D eigenvalue weighted by Gasteiger charge is -2.08. The SMILES string of the molecule is Cc1cccn2cc(CS(=O)C(C)c3cnccn3)nc12. The van der Waals surface area contributed by atoms with Crippen molar-refractivity contribution in [2.75, 3.05) is 0 Å². The maximum Gasteiger partial charge on any atom is 0.139 e. The van der Waals surface area contributed by atoms with Crippen LogP contribution in [0, 0.1) is 6.92 Å². The predicted molar refractivity (Wildman–Crippen MR) is 82.2 cm³/mol. The smallest absolute Gasteiger partial charge is 0.139 e. The van der Waals surface area contributed by atoms with E-state index in [2.05, 4.69) is 15.0 Å². The second-order valence-electron chi connectivity index (χ2n) is 4.95. The second kappa shape index (κ2) is 5.73. The first kappa shape index (κ1) is 13.9. The average molecular weight is 300 g/mol. The minimum atomic E-state index is -1.08. The van der Waals surface area contributed by atoms with E-state index in [9.17, 15) is 4.21 Å². The van der Waals surface area contributed by atoms with Gasteiger partial charge in [0.1, 0.15) is 5.65 Å². The van der Waals surface area contributed by atoms with Gasteiger partial charge in [-0.2, -0.15) is 0 Å². The summed E-state index contributed by atoms with van der Waals surface area (Å²) in [7, 11) is -1.08. The molecule has 0 bridgehead atoms. The fourth-order valence-electron chi connectivity index (χ4n) is 2.20. The highest BCUT2D eigenvalue weighted by molar-refractivity contribution is 7.84. The Morgan fingerprint density at radius 1 is 1.38 bits per heavy atom. The van der Waals surface area contributed by atoms with Crippen LogP contribution >= 0.6 is 0 Å². The summed E-state index contributed by atoms with van der Waals surface area (Å²) in [5, 5.41) is -0.162. The molecule has 0 aliphatic carbocycles. The number of hydrogen-bond donors (Lipinski definition) is 0. The first-order valence-corrected chi connectivity index (χ1v) is 8.09. The van der Waals surface area contributed by atoms with Crippen molar-refractivity contribution in [2.24, 2.45) is 0 Å². The summed E-state index contributed by atoms with van der Waals surface area (Å²) < 4.78 is 14.4. The molecule has 2 atom stereocenters. The molecule has 0 aliphatic heterocycles. The lowest BCUT2D eigenvalue weighted by molar-refractivity contribution is 0.673. The fourth-order valence-corrected chi connectivity index (χ4v) is 3.27. The van der Waals surface area contributed by atoms with Gasteiger partial charge in [-0.25, -0.2) is 4.98 Å². The van der Waals surface area contributed by atoms with Crippen LogP contribution < -0.4 is 0 Å². The Labute approximate surface area is 125 Å². The molecule has 3 rings (SSSR count). The highest BCUT2D eigenvalue weighted by atomic mass is 32.2. The lowest BCUT2D eigenvalue weighted by Crippen LogP contribution is -2.07. The summed E-state index contributed by atoms with van der Waals surface area (Å²) in [4.78, 5) is 12.8. The van der Waals surface area contributed by atoms with Crippen LogP contribution in [0.25, 0.3) is 5.65 Å². The van der Waals surface area contributed by atoms with Gasteiger partial charge >= 0.3 is 0 Å². The van der Waals surface area contributed by atoms with Gasteiger partial charge in [0.2, 0.25) is 0 Å². The van der Waals surface area contributed by atoms with E-state index in [4.69, 9.17) is 0 Å². The molecular weight excluding hydrogens is 284 g/mol. The number of pyridine rings is 1. The van der Waals surface area contributed by atoms with Gasteiger partial charge in [-0.3, -0.25) is 14.2 Å². The van der Waals surface area contributed by atoms with Crippen molar-refractivity contribution in [2.45, 2.75) is 24.9 Å². The van der Waals surface area contributed by atoms with E-state index < -0.39 is 10.8 Å². The van der Waals surface area contributed by atoms with E-state index in [-0.39, 0.29) is 5.25 Å². The Balaban J connectivity index is 1.82. The van der Waals surface area contributed by atoms with Crippen LogP contribution in [-0.2, 0) is 16.6 Å². The molecule has 3 aromatic rings. The molecular formula is C15H16N4OS. The summed E-state index contributed by atoms with van der Waals surface area (Å²) in [6.07, 6.45) is 8.79. The Morgan fingerprint density at radius 2 is 2.24 bits per heavy atom. The number of imidazole rings is 1. The molecule has 0 N–H and O–H groups in total. The van der Waals surface area contributed by atoms with E-state index in [1.807, 2.05) is 42.8 Å². The van der Waals surface area contributed by atoms with Crippen molar-refractivity contribution < 1.29 is 4.21 Å². The lowest BCUT2D eigenvalue weighted by atomic mass is 10.3. The summed E-state index contributed by atoms with van der Waals surface area (Å²) in [5.41, 5.74) is 3.60. The Hall–Kier alpha value is -2.08. The number of hydrogen-bond acceptors (Lipinski definition) is 4. The van der Waals surface area contributed by atoms with Crippen molar-refractivity contribution in [3.05, 3.63) is 60.1 Å². The van der Waals surface area contributed by atoms with Crippen LogP contribution in [0.2, 0.25) is 0 Å². The number of aryl methyl sites for hydroxylation is 1. The molecule has 2 unspecified atom stereocenters. The summed E-state index contributed by atoms with van der Waals surface area (Å²) in [6, 6.07) is 4.00. The van der Waals surface area contributed by atoms with Crippen LogP contribution in [0.4, 0.5) is 0 Å². The molecule has 3 aromatic heterocycles. The summed E-state index contributed by atoms with van der Waals surface area (Å²) in [5.74, 6) is 0.416. The molecule has 0 amide bonds. The van der Waals surface area contributed by atoms with Gasteiger partial charge in [0.25, 0.3) is 0 Å². The third kappa shape index (κ3) is 2.85. The van der Waals surface area contributed by atoms with Crippen LogP contribution in [0.5, 0.6) is 0 Å². The minimum Gasteiger partial charge on any atom is -0.307 e. The van der Waals surface area contributed by atoms with Gasteiger partial charge in [0.05, 0.1) is 22.4 Å². The van der Waals surface area contributed by atoms with Crippen molar-refractivity contribution in [3.63, 3.8) is 0 Å². The molecule has 6 heteroatoms. The van der Waals surface area contributed by atoms with Gasteiger partial charge in [-0.1, -0.05) is 6.07 Å². The topological polar surface area (TPSA) is 60.2 Å². The molecule has 0 saturated heterocycles. The van der Waals surface area contributed by atoms with Gasteiger partial charge in [-0.05, 0) is 25.5 Å². The van der Waals surface area contributed by atoms with Crippen LogP contribution in [0.1, 0.15) is 29.1 Å². The third-order valence-corrected chi connectivity index (χ3v) is 5.02. The summed E-state index contributed by atoms with van der Waals surface area (Å²) >= 11 is 0. The molecule has 0 aliphatic rings. The highest BCUT2D eigenvalue weighted by Crippen LogP contribution is 2.20. The molecule has 0 fully saturated rings. The predicted octanol–water partition coefficient (Wildman–Crippen LogP) is 2.44. The normalized spacial score (nSPS) is 14.2. The third-order valence-electron chi connectivity index (χ3n) is 3.41. The molecule has 0 spiro atoms. The number of fused-ring (bicyclic) bond motifs is 1. The van der Waals surface area contributed by atoms with Crippen molar-refractivity contribution >= 4 is 16.4 Å². The molecule has 5 nitrogen and oxygen atoms in total. The maximum absolute atomic E-state index is 12.5. The first-order chi connectivity index (χ1) is 10.1. The monoisotopic (exact) mass is 300 g/mol. The van der Waals surface area contributed by atoms with Crippen LogP contribution in [-0.4, -0.2) is 23.6 Å². The standard InChI is InChI=1S/C15H16N4OS/c1-11-4-3-7-19-9-13(18-15(11)19)10-21(20)12(2)14-8-16-5-6-17-14/h3-9,12H,10H2,1-2H3. The average Bonchev–Trinajstić information content (AvgIpc) is 2.91. The zero-order valence-corrected chi connectivity index (χ0v) is 12.7. The second-order valence-corrected chi connectivity index (χ2v) is 6.71. The van der Waals surface area contributed by atoms with Crippen molar-refractivity contribution in [3.8, 4) is 0 Å². The Bertz CT molecular complexity index is 785. The largest absolute Gasteiger partial charge is 0.307 e. The van der Waals surface area contributed by atoms with Gasteiger partial charge in [-0.15, -0.1) is 0 Å². The fraction of sp³-hybridized carbons (Fsp3) is 0.267. The molecule has 0 saturated carbocycles. The Kier molecular flexibility index (Phi) is 3.79. The minimum absolute atomic E-state index is 0.162. The molecule has 21 heavy (non-hydrogen) atoms. The maximum atomic E-state index is 12.5. The van der Waals surface area contributed by atoms with E-state index in [0.717, 1.165) is 22.6 Å². The van der Waals surface area contributed by atoms with E-state index >= 15 is 0 Å². The molecule has 108 valence electrons. The van der Waals surface area contributed by atoms with Crippen LogP contribution in [0.15, 0.2) is 43.1 Å². The van der Waals surface area contributed by atoms with E-state index in [0.29, 0.717) is 5.75 Å². The van der Waals surface area contributed by atoms with Gasteiger partial charge in [0, 0.05) is 41.8 Å². The van der Waals surface area contributed by atoms with E-state index in [1.54, 1.807) is 18.6 Å². The van der Waals surface area contributed by atoms with Gasteiger partial charge in [0.15, 0.2) is 0 Å². The number of nitrogens with zero attached hydrogens (tertiary/aromatic N) is 4. The quantitative estimate of drug-likeness (QED) is 0.742.